The highest BCUT2D eigenvalue weighted by atomic mass is 16.2. The maximum absolute atomic E-state index is 12.7. The van der Waals surface area contributed by atoms with E-state index in [-0.39, 0.29) is 42.4 Å². The van der Waals surface area contributed by atoms with E-state index in [0.29, 0.717) is 26.2 Å². The number of likely N-dealkylation sites (tertiary alicyclic amines) is 1. The van der Waals surface area contributed by atoms with Crippen LogP contribution in [0.25, 0.3) is 0 Å². The van der Waals surface area contributed by atoms with Crippen molar-refractivity contribution in [1.29, 1.82) is 0 Å². The predicted molar refractivity (Wildman–Crippen MR) is 106 cm³/mol. The van der Waals surface area contributed by atoms with Crippen molar-refractivity contribution in [3.8, 4) is 0 Å². The summed E-state index contributed by atoms with van der Waals surface area (Å²) in [4.78, 5) is 51.7. The third-order valence-electron chi connectivity index (χ3n) is 5.81. The van der Waals surface area contributed by atoms with E-state index in [9.17, 15) is 19.2 Å². The largest absolute Gasteiger partial charge is 0.355 e. The van der Waals surface area contributed by atoms with E-state index in [1.807, 2.05) is 24.3 Å². The highest BCUT2D eigenvalue weighted by Crippen LogP contribution is 2.26. The number of benzene rings is 1. The Morgan fingerprint density at radius 1 is 1.28 bits per heavy atom. The molecule has 2 unspecified atom stereocenters. The SMILES string of the molecule is CN1CC(C(=O)N(C)Cc2ccccc2CNC(=O)C2(C)CNC(=O)C2)CC1=O. The van der Waals surface area contributed by atoms with Gasteiger partial charge in [-0.15, -0.1) is 0 Å². The molecule has 8 nitrogen and oxygen atoms in total. The second-order valence-corrected chi connectivity index (χ2v) is 8.34. The van der Waals surface area contributed by atoms with Crippen molar-refractivity contribution >= 4 is 23.6 Å². The number of rotatable bonds is 6. The van der Waals surface area contributed by atoms with Gasteiger partial charge in [-0.1, -0.05) is 24.3 Å². The first-order valence-corrected chi connectivity index (χ1v) is 9.80. The predicted octanol–water partition coefficient (Wildman–Crippen LogP) is 0.266. The summed E-state index contributed by atoms with van der Waals surface area (Å²) in [7, 11) is 3.44. The molecule has 8 heteroatoms. The summed E-state index contributed by atoms with van der Waals surface area (Å²) in [5.41, 5.74) is 1.12. The minimum absolute atomic E-state index is 0.00626. The standard InChI is InChI=1S/C21H28N4O4/c1-21(9-17(26)23-13-21)20(29)22-10-14-6-4-5-7-15(14)11-25(3)19(28)16-8-18(27)24(2)12-16/h4-7,16H,8-13H2,1-3H3,(H,22,29)(H,23,26). The fraction of sp³-hybridized carbons (Fsp3) is 0.524. The molecule has 2 saturated heterocycles. The molecule has 0 saturated carbocycles. The molecule has 2 heterocycles. The van der Waals surface area contributed by atoms with Gasteiger partial charge in [0.15, 0.2) is 0 Å². The van der Waals surface area contributed by atoms with Crippen LogP contribution < -0.4 is 10.6 Å². The van der Waals surface area contributed by atoms with Crippen LogP contribution in [-0.2, 0) is 32.3 Å². The van der Waals surface area contributed by atoms with Crippen LogP contribution in [0.4, 0.5) is 0 Å². The second kappa shape index (κ2) is 8.23. The molecule has 0 spiro atoms. The third-order valence-corrected chi connectivity index (χ3v) is 5.81. The van der Waals surface area contributed by atoms with Crippen molar-refractivity contribution in [2.75, 3.05) is 27.2 Å². The van der Waals surface area contributed by atoms with Gasteiger partial charge in [-0.2, -0.15) is 0 Å². The molecule has 2 atom stereocenters. The molecule has 0 aliphatic carbocycles. The monoisotopic (exact) mass is 400 g/mol. The lowest BCUT2D eigenvalue weighted by Crippen LogP contribution is -2.40. The Morgan fingerprint density at radius 3 is 2.55 bits per heavy atom. The quantitative estimate of drug-likeness (QED) is 0.716. The topological polar surface area (TPSA) is 98.8 Å². The fourth-order valence-corrected chi connectivity index (χ4v) is 3.88. The molecule has 29 heavy (non-hydrogen) atoms. The zero-order chi connectivity index (χ0) is 21.2. The molecule has 3 rings (SSSR count). The van der Waals surface area contributed by atoms with Gasteiger partial charge in [-0.3, -0.25) is 19.2 Å². The molecule has 2 aliphatic rings. The average molecular weight is 400 g/mol. The van der Waals surface area contributed by atoms with E-state index in [1.165, 1.54) is 0 Å². The average Bonchev–Trinajstić information content (AvgIpc) is 3.22. The van der Waals surface area contributed by atoms with Gasteiger partial charge in [0.05, 0.1) is 11.3 Å². The van der Waals surface area contributed by atoms with Crippen molar-refractivity contribution in [2.24, 2.45) is 11.3 Å². The van der Waals surface area contributed by atoms with Crippen LogP contribution in [0.3, 0.4) is 0 Å². The highest BCUT2D eigenvalue weighted by molar-refractivity contribution is 5.92. The first kappa shape index (κ1) is 20.8. The Labute approximate surface area is 170 Å². The Balaban J connectivity index is 1.61. The molecule has 4 amide bonds. The normalized spacial score (nSPS) is 23.8. The maximum atomic E-state index is 12.7. The Bertz CT molecular complexity index is 840. The van der Waals surface area contributed by atoms with Crippen LogP contribution in [0.2, 0.25) is 0 Å². The molecule has 0 radical (unpaired) electrons. The van der Waals surface area contributed by atoms with Gasteiger partial charge in [0.25, 0.3) is 0 Å². The number of amides is 4. The van der Waals surface area contributed by atoms with E-state index >= 15 is 0 Å². The first-order chi connectivity index (χ1) is 13.7. The van der Waals surface area contributed by atoms with Gasteiger partial charge >= 0.3 is 0 Å². The van der Waals surface area contributed by atoms with Crippen molar-refractivity contribution in [2.45, 2.75) is 32.9 Å². The van der Waals surface area contributed by atoms with Gasteiger partial charge in [0.1, 0.15) is 0 Å². The third kappa shape index (κ3) is 4.58. The van der Waals surface area contributed by atoms with E-state index in [4.69, 9.17) is 0 Å². The molecule has 2 fully saturated rings. The summed E-state index contributed by atoms with van der Waals surface area (Å²) in [6.45, 7) is 3.29. The molecule has 1 aromatic rings. The number of nitrogens with one attached hydrogen (secondary N) is 2. The van der Waals surface area contributed by atoms with Crippen LogP contribution in [-0.4, -0.2) is 60.6 Å². The number of hydrogen-bond donors (Lipinski definition) is 2. The van der Waals surface area contributed by atoms with Gasteiger partial charge < -0.3 is 20.4 Å². The molecule has 156 valence electrons. The summed E-state index contributed by atoms with van der Waals surface area (Å²) in [5.74, 6) is -0.642. The molecule has 2 aliphatic heterocycles. The van der Waals surface area contributed by atoms with Gasteiger partial charge in [0.2, 0.25) is 23.6 Å². The summed E-state index contributed by atoms with van der Waals surface area (Å²) >= 11 is 0. The Hall–Kier alpha value is -2.90. The van der Waals surface area contributed by atoms with E-state index < -0.39 is 5.41 Å². The number of hydrogen-bond acceptors (Lipinski definition) is 4. The van der Waals surface area contributed by atoms with Crippen LogP contribution in [0.15, 0.2) is 24.3 Å². The van der Waals surface area contributed by atoms with E-state index in [2.05, 4.69) is 10.6 Å². The Morgan fingerprint density at radius 2 is 1.97 bits per heavy atom. The first-order valence-electron chi connectivity index (χ1n) is 9.80. The zero-order valence-electron chi connectivity index (χ0n) is 17.2. The van der Waals surface area contributed by atoms with Crippen LogP contribution in [0.5, 0.6) is 0 Å². The number of nitrogens with zero attached hydrogens (tertiary/aromatic N) is 2. The van der Waals surface area contributed by atoms with E-state index in [1.54, 1.807) is 30.8 Å². The minimum atomic E-state index is -0.736. The zero-order valence-corrected chi connectivity index (χ0v) is 17.2. The molecular weight excluding hydrogens is 372 g/mol. The smallest absolute Gasteiger partial charge is 0.228 e. The highest BCUT2D eigenvalue weighted by Gasteiger charge is 2.40. The molecule has 0 bridgehead atoms. The summed E-state index contributed by atoms with van der Waals surface area (Å²) in [6, 6.07) is 7.63. The second-order valence-electron chi connectivity index (χ2n) is 8.34. The molecule has 0 aromatic heterocycles. The maximum Gasteiger partial charge on any atom is 0.228 e. The summed E-state index contributed by atoms with van der Waals surface area (Å²) in [5, 5.41) is 5.63. The van der Waals surface area contributed by atoms with Gasteiger partial charge in [-0.25, -0.2) is 0 Å². The number of carbonyl (C=O) groups is 4. The minimum Gasteiger partial charge on any atom is -0.355 e. The van der Waals surface area contributed by atoms with Crippen LogP contribution in [0, 0.1) is 11.3 Å². The van der Waals surface area contributed by atoms with Crippen molar-refractivity contribution in [3.63, 3.8) is 0 Å². The lowest BCUT2D eigenvalue weighted by Gasteiger charge is -2.23. The van der Waals surface area contributed by atoms with Crippen molar-refractivity contribution < 1.29 is 19.2 Å². The van der Waals surface area contributed by atoms with Crippen LogP contribution in [0.1, 0.15) is 30.9 Å². The van der Waals surface area contributed by atoms with Gasteiger partial charge in [0, 0.05) is 53.1 Å². The van der Waals surface area contributed by atoms with Gasteiger partial charge in [-0.05, 0) is 18.1 Å². The van der Waals surface area contributed by atoms with Crippen molar-refractivity contribution in [3.05, 3.63) is 35.4 Å². The lowest BCUT2D eigenvalue weighted by molar-refractivity contribution is -0.135. The Kier molecular flexibility index (Phi) is 5.91. The van der Waals surface area contributed by atoms with Crippen molar-refractivity contribution in [1.82, 2.24) is 20.4 Å². The molecule has 1 aromatic carbocycles. The summed E-state index contributed by atoms with van der Waals surface area (Å²) in [6.07, 6.45) is 0.439. The lowest BCUT2D eigenvalue weighted by atomic mass is 9.88. The molecular formula is C21H28N4O4. The summed E-state index contributed by atoms with van der Waals surface area (Å²) < 4.78 is 0. The fourth-order valence-electron chi connectivity index (χ4n) is 3.88. The molecule has 2 N–H and O–H groups in total. The van der Waals surface area contributed by atoms with Crippen LogP contribution >= 0.6 is 0 Å². The van der Waals surface area contributed by atoms with E-state index in [0.717, 1.165) is 11.1 Å². The number of carbonyl (C=O) groups excluding carboxylic acids is 4.